The Morgan fingerprint density at radius 3 is 2.63 bits per heavy atom. The molecular weight excluding hydrogens is 396 g/mol. The van der Waals surface area contributed by atoms with Gasteiger partial charge in [0.2, 0.25) is 5.91 Å². The Hall–Kier alpha value is -3.20. The summed E-state index contributed by atoms with van der Waals surface area (Å²) in [6.07, 6.45) is -0.770. The Labute approximate surface area is 172 Å². The number of anilines is 2. The monoisotopic (exact) mass is 417 g/mol. The predicted molar refractivity (Wildman–Crippen MR) is 105 cm³/mol. The highest BCUT2D eigenvalue weighted by Crippen LogP contribution is 2.33. The fraction of sp³-hybridized carbons (Fsp3) is 0.333. The van der Waals surface area contributed by atoms with Gasteiger partial charge >= 0.3 is 0 Å². The molecule has 0 unspecified atom stereocenters. The lowest BCUT2D eigenvalue weighted by molar-refractivity contribution is -0.142. The molecule has 30 heavy (non-hydrogen) atoms. The van der Waals surface area contributed by atoms with Gasteiger partial charge in [0.05, 0.1) is 37.7 Å². The van der Waals surface area contributed by atoms with Gasteiger partial charge in [0, 0.05) is 19.2 Å². The average Bonchev–Trinajstić information content (AvgIpc) is 2.75. The van der Waals surface area contributed by atoms with Crippen LogP contribution in [0.2, 0.25) is 0 Å². The van der Waals surface area contributed by atoms with Crippen molar-refractivity contribution in [2.24, 2.45) is 0 Å². The van der Waals surface area contributed by atoms with Crippen LogP contribution in [0, 0.1) is 11.6 Å². The second kappa shape index (κ2) is 8.66. The van der Waals surface area contributed by atoms with Crippen LogP contribution < -0.4 is 15.0 Å². The van der Waals surface area contributed by atoms with Crippen LogP contribution in [-0.4, -0.2) is 62.2 Å². The lowest BCUT2D eigenvalue weighted by atomic mass is 10.1. The molecule has 0 spiro atoms. The van der Waals surface area contributed by atoms with Gasteiger partial charge in [0.1, 0.15) is 17.4 Å². The van der Waals surface area contributed by atoms with Crippen LogP contribution in [0.5, 0.6) is 5.75 Å². The number of nitrogens with one attached hydrogen (secondary N) is 1. The number of rotatable bonds is 4. The average molecular weight is 417 g/mol. The van der Waals surface area contributed by atoms with E-state index in [4.69, 9.17) is 9.47 Å². The number of halogens is 2. The molecular formula is C21H21F2N3O4. The van der Waals surface area contributed by atoms with Crippen LogP contribution in [0.25, 0.3) is 0 Å². The number of hydrogen-bond donors (Lipinski definition) is 1. The van der Waals surface area contributed by atoms with E-state index < -0.39 is 23.6 Å². The first-order chi connectivity index (χ1) is 14.5. The van der Waals surface area contributed by atoms with E-state index in [-0.39, 0.29) is 24.7 Å². The molecule has 1 saturated heterocycles. The predicted octanol–water partition coefficient (Wildman–Crippen LogP) is 2.03. The summed E-state index contributed by atoms with van der Waals surface area (Å²) in [5.41, 5.74) is 0.558. The van der Waals surface area contributed by atoms with Crippen molar-refractivity contribution >= 4 is 23.2 Å². The number of nitrogens with zero attached hydrogens (tertiary/aromatic N) is 2. The number of carbonyl (C=O) groups excluding carboxylic acids is 2. The van der Waals surface area contributed by atoms with Crippen LogP contribution in [0.15, 0.2) is 42.5 Å². The van der Waals surface area contributed by atoms with Crippen molar-refractivity contribution in [3.63, 3.8) is 0 Å². The minimum Gasteiger partial charge on any atom is -0.477 e. The normalized spacial score (nSPS) is 18.4. The number of fused-ring (bicyclic) bond motifs is 1. The molecule has 1 atom stereocenters. The Morgan fingerprint density at radius 1 is 1.10 bits per heavy atom. The van der Waals surface area contributed by atoms with Crippen molar-refractivity contribution in [1.29, 1.82) is 0 Å². The SMILES string of the molecule is O=C(CN1C[C@@H](C(=O)N2CCOCC2)Oc2ccccc21)Nc1ccc(F)cc1F. The summed E-state index contributed by atoms with van der Waals surface area (Å²) in [6.45, 7) is 1.99. The Kier molecular flexibility index (Phi) is 5.80. The lowest BCUT2D eigenvalue weighted by Crippen LogP contribution is -2.53. The number of amides is 2. The van der Waals surface area contributed by atoms with E-state index in [2.05, 4.69) is 5.32 Å². The third-order valence-electron chi connectivity index (χ3n) is 5.00. The fourth-order valence-corrected chi connectivity index (χ4v) is 3.53. The van der Waals surface area contributed by atoms with Crippen molar-refractivity contribution in [3.8, 4) is 5.75 Å². The molecule has 2 aliphatic heterocycles. The summed E-state index contributed by atoms with van der Waals surface area (Å²) < 4.78 is 38.1. The molecule has 4 rings (SSSR count). The Bertz CT molecular complexity index is 950. The van der Waals surface area contributed by atoms with E-state index in [1.165, 1.54) is 6.07 Å². The van der Waals surface area contributed by atoms with Crippen molar-refractivity contribution in [3.05, 3.63) is 54.1 Å². The molecule has 2 amide bonds. The van der Waals surface area contributed by atoms with Crippen LogP contribution in [-0.2, 0) is 14.3 Å². The highest BCUT2D eigenvalue weighted by Gasteiger charge is 2.34. The van der Waals surface area contributed by atoms with Crippen molar-refractivity contribution in [1.82, 2.24) is 4.90 Å². The molecule has 9 heteroatoms. The standard InChI is InChI=1S/C21H21F2N3O4/c22-14-5-6-16(15(23)11-14)24-20(27)13-26-12-19(21(28)25-7-9-29-10-8-25)30-18-4-2-1-3-17(18)26/h1-6,11,19H,7-10,12-13H2,(H,24,27)/t19-/m0/s1. The lowest BCUT2D eigenvalue weighted by Gasteiger charge is -2.38. The van der Waals surface area contributed by atoms with Crippen LogP contribution >= 0.6 is 0 Å². The molecule has 2 heterocycles. The first kappa shape index (κ1) is 20.1. The summed E-state index contributed by atoms with van der Waals surface area (Å²) in [6, 6.07) is 10.1. The molecule has 0 aromatic heterocycles. The molecule has 7 nitrogen and oxygen atoms in total. The van der Waals surface area contributed by atoms with E-state index in [0.29, 0.717) is 43.8 Å². The van der Waals surface area contributed by atoms with Gasteiger partial charge in [-0.2, -0.15) is 0 Å². The number of para-hydroxylation sites is 2. The molecule has 0 bridgehead atoms. The Morgan fingerprint density at radius 2 is 1.87 bits per heavy atom. The number of carbonyl (C=O) groups is 2. The van der Waals surface area contributed by atoms with Crippen molar-refractivity contribution < 1.29 is 27.8 Å². The zero-order chi connectivity index (χ0) is 21.1. The Balaban J connectivity index is 1.49. The minimum atomic E-state index is -0.855. The molecule has 1 N–H and O–H groups in total. The highest BCUT2D eigenvalue weighted by atomic mass is 19.1. The molecule has 2 aliphatic rings. The van der Waals surface area contributed by atoms with Crippen LogP contribution in [0.3, 0.4) is 0 Å². The van der Waals surface area contributed by atoms with Gasteiger partial charge in [-0.25, -0.2) is 8.78 Å². The second-order valence-electron chi connectivity index (χ2n) is 7.06. The van der Waals surface area contributed by atoms with Gasteiger partial charge in [-0.3, -0.25) is 9.59 Å². The van der Waals surface area contributed by atoms with Gasteiger partial charge in [0.25, 0.3) is 5.91 Å². The van der Waals surface area contributed by atoms with Crippen LogP contribution in [0.4, 0.5) is 20.2 Å². The molecule has 1 fully saturated rings. The van der Waals surface area contributed by atoms with Crippen molar-refractivity contribution in [2.45, 2.75) is 6.10 Å². The molecule has 0 radical (unpaired) electrons. The smallest absolute Gasteiger partial charge is 0.265 e. The first-order valence-electron chi connectivity index (χ1n) is 9.63. The number of hydrogen-bond acceptors (Lipinski definition) is 5. The van der Waals surface area contributed by atoms with Gasteiger partial charge in [-0.05, 0) is 24.3 Å². The molecule has 2 aromatic rings. The number of benzene rings is 2. The van der Waals surface area contributed by atoms with Gasteiger partial charge in [0.15, 0.2) is 6.10 Å². The maximum absolute atomic E-state index is 13.9. The third-order valence-corrected chi connectivity index (χ3v) is 5.00. The van der Waals surface area contributed by atoms with Gasteiger partial charge in [-0.15, -0.1) is 0 Å². The van der Waals surface area contributed by atoms with E-state index in [1.807, 2.05) is 0 Å². The van der Waals surface area contributed by atoms with Gasteiger partial charge < -0.3 is 24.6 Å². The molecule has 0 aliphatic carbocycles. The third kappa shape index (κ3) is 4.35. The summed E-state index contributed by atoms with van der Waals surface area (Å²) in [4.78, 5) is 28.8. The first-order valence-corrected chi connectivity index (χ1v) is 9.63. The zero-order valence-electron chi connectivity index (χ0n) is 16.1. The minimum absolute atomic E-state index is 0.108. The quantitative estimate of drug-likeness (QED) is 0.825. The summed E-state index contributed by atoms with van der Waals surface area (Å²) in [5, 5.41) is 2.45. The molecule has 2 aromatic carbocycles. The summed E-state index contributed by atoms with van der Waals surface area (Å²) in [7, 11) is 0. The highest BCUT2D eigenvalue weighted by molar-refractivity contribution is 5.95. The fourth-order valence-electron chi connectivity index (χ4n) is 3.53. The van der Waals surface area contributed by atoms with E-state index in [0.717, 1.165) is 6.07 Å². The second-order valence-corrected chi connectivity index (χ2v) is 7.06. The maximum atomic E-state index is 13.9. The number of ether oxygens (including phenoxy) is 2. The number of morpholine rings is 1. The summed E-state index contributed by atoms with van der Waals surface area (Å²) in [5.74, 6) is -1.74. The van der Waals surface area contributed by atoms with E-state index in [9.17, 15) is 18.4 Å². The topological polar surface area (TPSA) is 71.1 Å². The maximum Gasteiger partial charge on any atom is 0.265 e. The van der Waals surface area contributed by atoms with E-state index in [1.54, 1.807) is 34.1 Å². The van der Waals surface area contributed by atoms with E-state index >= 15 is 0 Å². The molecule has 158 valence electrons. The molecule has 0 saturated carbocycles. The zero-order valence-corrected chi connectivity index (χ0v) is 16.1. The van der Waals surface area contributed by atoms with Crippen LogP contribution in [0.1, 0.15) is 0 Å². The van der Waals surface area contributed by atoms with Gasteiger partial charge in [-0.1, -0.05) is 12.1 Å². The largest absolute Gasteiger partial charge is 0.477 e. The van der Waals surface area contributed by atoms with Crippen molar-refractivity contribution in [2.75, 3.05) is 49.6 Å². The summed E-state index contributed by atoms with van der Waals surface area (Å²) >= 11 is 0.